The van der Waals surface area contributed by atoms with Crippen molar-refractivity contribution in [2.75, 3.05) is 25.4 Å². The molecule has 0 saturated carbocycles. The largest absolute Gasteiger partial charge is 0.396 e. The van der Waals surface area contributed by atoms with Gasteiger partial charge in [0, 0.05) is 12.7 Å². The lowest BCUT2D eigenvalue weighted by molar-refractivity contribution is 0.0540. The maximum atomic E-state index is 10.1. The Morgan fingerprint density at radius 1 is 1.42 bits per heavy atom. The Bertz CT molecular complexity index is 396. The lowest BCUT2D eigenvalue weighted by Gasteiger charge is -2.39. The molecule has 1 aliphatic rings. The molecule has 1 fully saturated rings. The zero-order valence-electron chi connectivity index (χ0n) is 12.0. The number of nitrogens with zero attached hydrogens (tertiary/aromatic N) is 3. The minimum absolute atomic E-state index is 0.384. The quantitative estimate of drug-likeness (QED) is 0.844. The van der Waals surface area contributed by atoms with Crippen LogP contribution in [0.2, 0.25) is 0 Å². The Morgan fingerprint density at radius 2 is 2.11 bits per heavy atom. The monoisotopic (exact) mass is 266 g/mol. The molecule has 0 aliphatic carbocycles. The molecule has 0 amide bonds. The van der Waals surface area contributed by atoms with Gasteiger partial charge in [-0.25, -0.2) is 0 Å². The molecule has 1 aromatic rings. The smallest absolute Gasteiger partial charge is 0.0862 e. The van der Waals surface area contributed by atoms with Crippen LogP contribution < -0.4 is 5.73 Å². The fourth-order valence-electron chi connectivity index (χ4n) is 2.68. The van der Waals surface area contributed by atoms with Gasteiger partial charge in [-0.15, -0.1) is 0 Å². The molecule has 2 rings (SSSR count). The van der Waals surface area contributed by atoms with Crippen molar-refractivity contribution < 1.29 is 5.11 Å². The van der Waals surface area contributed by atoms with Gasteiger partial charge >= 0.3 is 0 Å². The Morgan fingerprint density at radius 3 is 2.63 bits per heavy atom. The number of hydrogen-bond acceptors (Lipinski definition) is 4. The zero-order chi connectivity index (χ0) is 13.9. The normalized spacial score (nSPS) is 21.4. The number of nitrogens with two attached hydrogens (primary N) is 1. The van der Waals surface area contributed by atoms with Crippen LogP contribution >= 0.6 is 0 Å². The van der Waals surface area contributed by atoms with Crippen molar-refractivity contribution in [2.24, 2.45) is 5.41 Å². The van der Waals surface area contributed by atoms with Gasteiger partial charge in [0.1, 0.15) is 0 Å². The van der Waals surface area contributed by atoms with E-state index in [0.717, 1.165) is 19.6 Å². The van der Waals surface area contributed by atoms with Gasteiger partial charge in [-0.05, 0) is 31.3 Å². The summed E-state index contributed by atoms with van der Waals surface area (Å²) < 4.78 is 1.71. The number of aromatic nitrogens is 2. The topological polar surface area (TPSA) is 67.3 Å². The molecule has 5 nitrogen and oxygen atoms in total. The fourth-order valence-corrected chi connectivity index (χ4v) is 2.68. The highest BCUT2D eigenvalue weighted by molar-refractivity contribution is 5.30. The third-order valence-corrected chi connectivity index (χ3v) is 4.44. The molecule has 0 aromatic carbocycles. The van der Waals surface area contributed by atoms with Gasteiger partial charge in [0.25, 0.3) is 0 Å². The summed E-state index contributed by atoms with van der Waals surface area (Å²) in [7, 11) is 0. The van der Waals surface area contributed by atoms with E-state index in [1.165, 1.54) is 19.3 Å². The molecule has 0 bridgehead atoms. The first-order chi connectivity index (χ1) is 9.00. The standard InChI is InChI=1S/C14H26N4O/c1-3-14(2)4-6-17(7-5-14)10-13(19)11-18-9-12(15)8-16-18/h8-9,13,19H,3-7,10-11,15H2,1-2H3. The average molecular weight is 266 g/mol. The van der Waals surface area contributed by atoms with E-state index in [9.17, 15) is 5.11 Å². The summed E-state index contributed by atoms with van der Waals surface area (Å²) in [5, 5.41) is 14.2. The summed E-state index contributed by atoms with van der Waals surface area (Å²) in [6.45, 7) is 8.05. The molecule has 0 radical (unpaired) electrons. The molecule has 0 spiro atoms. The van der Waals surface area contributed by atoms with Crippen LogP contribution in [0.1, 0.15) is 33.1 Å². The molecular weight excluding hydrogens is 240 g/mol. The van der Waals surface area contributed by atoms with Gasteiger partial charge < -0.3 is 15.7 Å². The van der Waals surface area contributed by atoms with Gasteiger partial charge in [0.05, 0.1) is 24.5 Å². The summed E-state index contributed by atoms with van der Waals surface area (Å²) in [6.07, 6.45) is 6.69. The van der Waals surface area contributed by atoms with E-state index in [-0.39, 0.29) is 6.10 Å². The van der Waals surface area contributed by atoms with E-state index in [4.69, 9.17) is 5.73 Å². The van der Waals surface area contributed by atoms with Crippen LogP contribution in [0.5, 0.6) is 0 Å². The minimum atomic E-state index is -0.384. The number of anilines is 1. The first kappa shape index (κ1) is 14.3. The fraction of sp³-hybridized carbons (Fsp3) is 0.786. The van der Waals surface area contributed by atoms with E-state index < -0.39 is 0 Å². The summed E-state index contributed by atoms with van der Waals surface area (Å²) in [6, 6.07) is 0. The molecular formula is C14H26N4O. The second-order valence-electron chi connectivity index (χ2n) is 6.11. The van der Waals surface area contributed by atoms with Crippen molar-refractivity contribution in [1.82, 2.24) is 14.7 Å². The summed E-state index contributed by atoms with van der Waals surface area (Å²) in [4.78, 5) is 2.36. The van der Waals surface area contributed by atoms with Crippen LogP contribution in [0.25, 0.3) is 0 Å². The van der Waals surface area contributed by atoms with Crippen LogP contribution in [0.4, 0.5) is 5.69 Å². The van der Waals surface area contributed by atoms with E-state index in [2.05, 4.69) is 23.8 Å². The minimum Gasteiger partial charge on any atom is -0.396 e. The van der Waals surface area contributed by atoms with Crippen molar-refractivity contribution >= 4 is 5.69 Å². The molecule has 1 aliphatic heterocycles. The van der Waals surface area contributed by atoms with Crippen LogP contribution in [0.3, 0.4) is 0 Å². The molecule has 1 aromatic heterocycles. The predicted octanol–water partition coefficient (Wildman–Crippen LogP) is 1.34. The molecule has 1 unspecified atom stereocenters. The highest BCUT2D eigenvalue weighted by Gasteiger charge is 2.28. The number of piperidine rings is 1. The number of nitrogen functional groups attached to an aromatic ring is 1. The third-order valence-electron chi connectivity index (χ3n) is 4.44. The van der Waals surface area contributed by atoms with E-state index in [1.807, 2.05) is 0 Å². The summed E-state index contributed by atoms with van der Waals surface area (Å²) >= 11 is 0. The number of aliphatic hydroxyl groups is 1. The molecule has 2 heterocycles. The first-order valence-corrected chi connectivity index (χ1v) is 7.19. The summed E-state index contributed by atoms with van der Waals surface area (Å²) in [5.41, 5.74) is 6.75. The number of hydrogen-bond donors (Lipinski definition) is 2. The Kier molecular flexibility index (Phi) is 4.47. The maximum Gasteiger partial charge on any atom is 0.0862 e. The molecule has 1 atom stereocenters. The van der Waals surface area contributed by atoms with Crippen molar-refractivity contribution in [3.05, 3.63) is 12.4 Å². The Labute approximate surface area is 115 Å². The average Bonchev–Trinajstić information content (AvgIpc) is 2.78. The van der Waals surface area contributed by atoms with Gasteiger partial charge in [-0.3, -0.25) is 4.68 Å². The maximum absolute atomic E-state index is 10.1. The third kappa shape index (κ3) is 3.94. The number of likely N-dealkylation sites (tertiary alicyclic amines) is 1. The van der Waals surface area contributed by atoms with Gasteiger partial charge in [0.2, 0.25) is 0 Å². The van der Waals surface area contributed by atoms with Crippen LogP contribution in [0.15, 0.2) is 12.4 Å². The Hall–Kier alpha value is -1.07. The van der Waals surface area contributed by atoms with Crippen molar-refractivity contribution in [1.29, 1.82) is 0 Å². The molecule has 5 heteroatoms. The van der Waals surface area contributed by atoms with Crippen LogP contribution in [-0.4, -0.2) is 45.5 Å². The number of aliphatic hydroxyl groups excluding tert-OH is 1. The van der Waals surface area contributed by atoms with Gasteiger partial charge in [-0.1, -0.05) is 20.3 Å². The highest BCUT2D eigenvalue weighted by Crippen LogP contribution is 2.33. The predicted molar refractivity (Wildman–Crippen MR) is 76.7 cm³/mol. The van der Waals surface area contributed by atoms with E-state index in [0.29, 0.717) is 17.6 Å². The Balaban J connectivity index is 1.76. The van der Waals surface area contributed by atoms with Gasteiger partial charge in [0.15, 0.2) is 0 Å². The highest BCUT2D eigenvalue weighted by atomic mass is 16.3. The molecule has 19 heavy (non-hydrogen) atoms. The lowest BCUT2D eigenvalue weighted by atomic mass is 9.78. The number of rotatable bonds is 5. The lowest BCUT2D eigenvalue weighted by Crippen LogP contribution is -2.42. The van der Waals surface area contributed by atoms with Gasteiger partial charge in [-0.2, -0.15) is 5.10 Å². The van der Waals surface area contributed by atoms with Crippen LogP contribution in [0, 0.1) is 5.41 Å². The van der Waals surface area contributed by atoms with Crippen molar-refractivity contribution in [3.8, 4) is 0 Å². The van der Waals surface area contributed by atoms with Crippen molar-refractivity contribution in [3.63, 3.8) is 0 Å². The zero-order valence-corrected chi connectivity index (χ0v) is 12.0. The van der Waals surface area contributed by atoms with Crippen LogP contribution in [-0.2, 0) is 6.54 Å². The number of β-amino-alcohol motifs (C(OH)–C–C–N with tert-alkyl or cyclic N) is 1. The molecule has 108 valence electrons. The van der Waals surface area contributed by atoms with E-state index in [1.54, 1.807) is 17.1 Å². The molecule has 1 saturated heterocycles. The second kappa shape index (κ2) is 5.92. The molecule has 3 N–H and O–H groups in total. The SMILES string of the molecule is CCC1(C)CCN(CC(O)Cn2cc(N)cn2)CC1. The first-order valence-electron chi connectivity index (χ1n) is 7.19. The van der Waals surface area contributed by atoms with Crippen molar-refractivity contribution in [2.45, 2.75) is 45.8 Å². The summed E-state index contributed by atoms with van der Waals surface area (Å²) in [5.74, 6) is 0. The van der Waals surface area contributed by atoms with E-state index >= 15 is 0 Å². The second-order valence-corrected chi connectivity index (χ2v) is 6.11.